The average Bonchev–Trinajstić information content (AvgIpc) is 3.12. The Kier molecular flexibility index (Phi) is 4.54. The molecule has 1 fully saturated rings. The number of nitrogens with one attached hydrogen (secondary N) is 1. The zero-order chi connectivity index (χ0) is 18.1. The van der Waals surface area contributed by atoms with E-state index in [-0.39, 0.29) is 18.3 Å². The second-order valence-electron chi connectivity index (χ2n) is 7.71. The molecule has 0 unspecified atom stereocenters. The fraction of sp³-hybridized carbons (Fsp3) is 0.526. The first-order valence-corrected chi connectivity index (χ1v) is 8.75. The Bertz CT molecular complexity index is 750. The number of hydrogen-bond acceptors (Lipinski definition) is 4. The van der Waals surface area contributed by atoms with Crippen molar-refractivity contribution in [1.82, 2.24) is 14.7 Å². The van der Waals surface area contributed by atoms with Crippen LogP contribution in [-0.2, 0) is 20.7 Å². The summed E-state index contributed by atoms with van der Waals surface area (Å²) in [7, 11) is 0. The van der Waals surface area contributed by atoms with E-state index in [0.717, 1.165) is 18.5 Å². The minimum atomic E-state index is -0.899. The number of fused-ring (bicyclic) bond motifs is 1. The molecule has 0 bridgehead atoms. The minimum Gasteiger partial charge on any atom is -0.458 e. The molecule has 0 radical (unpaired) electrons. The van der Waals surface area contributed by atoms with E-state index in [1.807, 2.05) is 55.8 Å². The molecule has 0 atom stereocenters. The molecule has 25 heavy (non-hydrogen) atoms. The summed E-state index contributed by atoms with van der Waals surface area (Å²) in [5.74, 6) is -0.531. The fourth-order valence-corrected chi connectivity index (χ4v) is 3.28. The van der Waals surface area contributed by atoms with Gasteiger partial charge in [0.2, 0.25) is 5.91 Å². The van der Waals surface area contributed by atoms with E-state index < -0.39 is 11.1 Å². The van der Waals surface area contributed by atoms with Crippen molar-refractivity contribution in [2.24, 2.45) is 0 Å². The standard InChI is InChI=1S/C19H25N3O3/c1-18(2,3)25-17(24)19(9-5-6-10-19)21-16(23)12-14-13-22-11-7-4-8-15(22)20-14/h4,7-8,11,13H,5-6,9-10,12H2,1-3H3,(H,21,23). The molecule has 1 saturated carbocycles. The van der Waals surface area contributed by atoms with Gasteiger partial charge < -0.3 is 14.5 Å². The van der Waals surface area contributed by atoms with Crippen LogP contribution in [0.2, 0.25) is 0 Å². The van der Waals surface area contributed by atoms with Crippen molar-refractivity contribution in [1.29, 1.82) is 0 Å². The van der Waals surface area contributed by atoms with Crippen molar-refractivity contribution in [3.8, 4) is 0 Å². The van der Waals surface area contributed by atoms with E-state index in [2.05, 4.69) is 10.3 Å². The lowest BCUT2D eigenvalue weighted by molar-refractivity contribution is -0.164. The number of pyridine rings is 1. The largest absolute Gasteiger partial charge is 0.458 e. The summed E-state index contributed by atoms with van der Waals surface area (Å²) in [6.07, 6.45) is 6.94. The molecule has 2 heterocycles. The number of aromatic nitrogens is 2. The zero-order valence-corrected chi connectivity index (χ0v) is 15.0. The first-order chi connectivity index (χ1) is 11.8. The smallest absolute Gasteiger partial charge is 0.332 e. The van der Waals surface area contributed by atoms with Crippen molar-refractivity contribution >= 4 is 17.5 Å². The van der Waals surface area contributed by atoms with Gasteiger partial charge in [0.15, 0.2) is 0 Å². The Morgan fingerprint density at radius 3 is 2.64 bits per heavy atom. The van der Waals surface area contributed by atoms with Crippen LogP contribution >= 0.6 is 0 Å². The highest BCUT2D eigenvalue weighted by Gasteiger charge is 2.45. The molecule has 0 aromatic carbocycles. The van der Waals surface area contributed by atoms with Crippen LogP contribution in [-0.4, -0.2) is 32.4 Å². The van der Waals surface area contributed by atoms with Crippen LogP contribution in [0, 0.1) is 0 Å². The maximum Gasteiger partial charge on any atom is 0.332 e. The molecule has 1 amide bonds. The molecule has 2 aromatic rings. The summed E-state index contributed by atoms with van der Waals surface area (Å²) in [4.78, 5) is 29.6. The fourth-order valence-electron chi connectivity index (χ4n) is 3.28. The van der Waals surface area contributed by atoms with Crippen molar-refractivity contribution in [3.63, 3.8) is 0 Å². The van der Waals surface area contributed by atoms with Crippen molar-refractivity contribution < 1.29 is 14.3 Å². The summed E-state index contributed by atoms with van der Waals surface area (Å²) in [6, 6.07) is 5.71. The number of carbonyl (C=O) groups is 2. The summed E-state index contributed by atoms with van der Waals surface area (Å²) >= 11 is 0. The van der Waals surface area contributed by atoms with Gasteiger partial charge >= 0.3 is 5.97 Å². The van der Waals surface area contributed by atoms with Crippen LogP contribution in [0.25, 0.3) is 5.65 Å². The van der Waals surface area contributed by atoms with Crippen LogP contribution in [0.1, 0.15) is 52.1 Å². The van der Waals surface area contributed by atoms with Gasteiger partial charge in [-0.15, -0.1) is 0 Å². The number of nitrogens with zero attached hydrogens (tertiary/aromatic N) is 2. The van der Waals surface area contributed by atoms with Gasteiger partial charge in [-0.2, -0.15) is 0 Å². The van der Waals surface area contributed by atoms with Gasteiger partial charge in [0.1, 0.15) is 16.8 Å². The molecule has 0 aliphatic heterocycles. The quantitative estimate of drug-likeness (QED) is 0.866. The maximum absolute atomic E-state index is 12.7. The third-order valence-corrected chi connectivity index (χ3v) is 4.38. The Morgan fingerprint density at radius 2 is 2.00 bits per heavy atom. The number of imidazole rings is 1. The Labute approximate surface area is 147 Å². The van der Waals surface area contributed by atoms with E-state index >= 15 is 0 Å². The first kappa shape index (κ1) is 17.5. The van der Waals surface area contributed by atoms with Crippen molar-refractivity contribution in [2.75, 3.05) is 0 Å². The highest BCUT2D eigenvalue weighted by Crippen LogP contribution is 2.32. The molecule has 0 spiro atoms. The van der Waals surface area contributed by atoms with Gasteiger partial charge in [0, 0.05) is 12.4 Å². The molecular formula is C19H25N3O3. The number of hydrogen-bond donors (Lipinski definition) is 1. The van der Waals surface area contributed by atoms with E-state index in [4.69, 9.17) is 4.74 Å². The first-order valence-electron chi connectivity index (χ1n) is 8.75. The molecule has 3 rings (SSSR count). The Balaban J connectivity index is 1.71. The third kappa shape index (κ3) is 4.00. The maximum atomic E-state index is 12.7. The summed E-state index contributed by atoms with van der Waals surface area (Å²) in [5.41, 5.74) is 0.0109. The Hall–Kier alpha value is -2.37. The summed E-state index contributed by atoms with van der Waals surface area (Å²) < 4.78 is 7.43. The lowest BCUT2D eigenvalue weighted by Gasteiger charge is -2.31. The zero-order valence-electron chi connectivity index (χ0n) is 15.0. The number of carbonyl (C=O) groups excluding carboxylic acids is 2. The average molecular weight is 343 g/mol. The van der Waals surface area contributed by atoms with Crippen molar-refractivity contribution in [3.05, 3.63) is 36.3 Å². The minimum absolute atomic E-state index is 0.145. The number of amides is 1. The number of ether oxygens (including phenoxy) is 1. The molecular weight excluding hydrogens is 318 g/mol. The molecule has 1 aliphatic carbocycles. The predicted molar refractivity (Wildman–Crippen MR) is 94.1 cm³/mol. The molecule has 1 N–H and O–H groups in total. The molecule has 1 aliphatic rings. The molecule has 6 heteroatoms. The van der Waals surface area contributed by atoms with E-state index in [1.54, 1.807) is 0 Å². The van der Waals surface area contributed by atoms with Crippen LogP contribution in [0.3, 0.4) is 0 Å². The van der Waals surface area contributed by atoms with E-state index in [0.29, 0.717) is 18.5 Å². The highest BCUT2D eigenvalue weighted by atomic mass is 16.6. The summed E-state index contributed by atoms with van der Waals surface area (Å²) in [6.45, 7) is 5.52. The molecule has 0 saturated heterocycles. The van der Waals surface area contributed by atoms with E-state index in [1.165, 1.54) is 0 Å². The monoisotopic (exact) mass is 343 g/mol. The van der Waals surface area contributed by atoms with Gasteiger partial charge in [0.05, 0.1) is 12.1 Å². The Morgan fingerprint density at radius 1 is 1.28 bits per heavy atom. The summed E-state index contributed by atoms with van der Waals surface area (Å²) in [5, 5.41) is 2.94. The van der Waals surface area contributed by atoms with Crippen LogP contribution in [0.5, 0.6) is 0 Å². The van der Waals surface area contributed by atoms with Gasteiger partial charge in [0.25, 0.3) is 0 Å². The van der Waals surface area contributed by atoms with Crippen LogP contribution in [0.4, 0.5) is 0 Å². The second kappa shape index (κ2) is 6.50. The van der Waals surface area contributed by atoms with Gasteiger partial charge in [-0.1, -0.05) is 18.9 Å². The van der Waals surface area contributed by atoms with Gasteiger partial charge in [-0.05, 0) is 45.7 Å². The number of rotatable bonds is 4. The highest BCUT2D eigenvalue weighted by molar-refractivity contribution is 5.89. The van der Waals surface area contributed by atoms with Crippen LogP contribution in [0.15, 0.2) is 30.6 Å². The molecule has 2 aromatic heterocycles. The van der Waals surface area contributed by atoms with Crippen molar-refractivity contribution in [2.45, 2.75) is 64.0 Å². The predicted octanol–water partition coefficient (Wildman–Crippen LogP) is 2.65. The van der Waals surface area contributed by atoms with Gasteiger partial charge in [-0.25, -0.2) is 9.78 Å². The topological polar surface area (TPSA) is 72.7 Å². The molecule has 134 valence electrons. The normalized spacial score (nSPS) is 16.8. The van der Waals surface area contributed by atoms with E-state index in [9.17, 15) is 9.59 Å². The molecule has 6 nitrogen and oxygen atoms in total. The SMILES string of the molecule is CC(C)(C)OC(=O)C1(NC(=O)Cc2cn3ccccc3n2)CCCC1. The van der Waals surface area contributed by atoms with Gasteiger partial charge in [-0.3, -0.25) is 4.79 Å². The number of esters is 1. The third-order valence-electron chi connectivity index (χ3n) is 4.38. The second-order valence-corrected chi connectivity index (χ2v) is 7.71. The lowest BCUT2D eigenvalue weighted by Crippen LogP contribution is -2.55. The lowest BCUT2D eigenvalue weighted by atomic mass is 9.96. The van der Waals surface area contributed by atoms with Crippen LogP contribution < -0.4 is 5.32 Å².